The van der Waals surface area contributed by atoms with Crippen LogP contribution in [0, 0.1) is 0 Å². The Hall–Kier alpha value is -2.14. The quantitative estimate of drug-likeness (QED) is 0.755. The number of nitrogens with zero attached hydrogens (tertiary/aromatic N) is 2. The van der Waals surface area contributed by atoms with Gasteiger partial charge in [0.25, 0.3) is 0 Å². The van der Waals surface area contributed by atoms with Crippen LogP contribution in [0.4, 0.5) is 0 Å². The van der Waals surface area contributed by atoms with E-state index in [0.717, 1.165) is 17.7 Å². The van der Waals surface area contributed by atoms with Gasteiger partial charge in [-0.15, -0.1) is 0 Å². The molecule has 0 atom stereocenters. The van der Waals surface area contributed by atoms with Crippen LogP contribution in [0.15, 0.2) is 30.5 Å². The van der Waals surface area contributed by atoms with Crippen LogP contribution >= 0.6 is 0 Å². The van der Waals surface area contributed by atoms with E-state index in [1.165, 1.54) is 0 Å². The topological polar surface area (TPSA) is 53.4 Å². The largest absolute Gasteiger partial charge is 0.497 e. The zero-order chi connectivity index (χ0) is 13.0. The summed E-state index contributed by atoms with van der Waals surface area (Å²) in [6.07, 6.45) is 2.45. The molecule has 1 heterocycles. The van der Waals surface area contributed by atoms with Crippen molar-refractivity contribution in [1.29, 1.82) is 0 Å². The first-order chi connectivity index (χ1) is 8.78. The molecular formula is C13H14N2O3. The average Bonchev–Trinajstić information content (AvgIpc) is 2.82. The minimum absolute atomic E-state index is 0.311. The summed E-state index contributed by atoms with van der Waals surface area (Å²) in [4.78, 5) is 10.9. The molecule has 0 aliphatic rings. The maximum absolute atomic E-state index is 10.9. The van der Waals surface area contributed by atoms with Crippen molar-refractivity contribution in [1.82, 2.24) is 9.78 Å². The van der Waals surface area contributed by atoms with E-state index < -0.39 is 0 Å². The fourth-order valence-electron chi connectivity index (χ4n) is 1.66. The first-order valence-electron chi connectivity index (χ1n) is 5.45. The predicted octanol–water partition coefficient (Wildman–Crippen LogP) is 1.84. The second-order valence-electron chi connectivity index (χ2n) is 3.73. The van der Waals surface area contributed by atoms with E-state index in [9.17, 15) is 4.79 Å². The van der Waals surface area contributed by atoms with Crippen molar-refractivity contribution < 1.29 is 14.3 Å². The van der Waals surface area contributed by atoms with Crippen LogP contribution in [-0.4, -0.2) is 30.3 Å². The molecule has 0 fully saturated rings. The summed E-state index contributed by atoms with van der Waals surface area (Å²) >= 11 is 0. The number of carbonyl (C=O) groups excluding carboxylic acids is 1. The highest BCUT2D eigenvalue weighted by Crippen LogP contribution is 2.17. The lowest BCUT2D eigenvalue weighted by atomic mass is 10.3. The fraction of sp³-hybridized carbons (Fsp3) is 0.231. The highest BCUT2D eigenvalue weighted by atomic mass is 16.5. The molecule has 94 valence electrons. The number of methoxy groups -OCH3 is 2. The van der Waals surface area contributed by atoms with Crippen molar-refractivity contribution in [3.05, 3.63) is 41.7 Å². The number of rotatable bonds is 5. The molecule has 0 amide bonds. The van der Waals surface area contributed by atoms with Gasteiger partial charge in [0.1, 0.15) is 5.75 Å². The third-order valence-corrected chi connectivity index (χ3v) is 2.55. The standard InChI is InChI=1S/C13H14N2O3/c1-17-9-13-10(8-16)7-15(14-13)11-4-3-5-12(6-11)18-2/h3-8H,9H2,1-2H3. The highest BCUT2D eigenvalue weighted by molar-refractivity contribution is 5.76. The van der Waals surface area contributed by atoms with Gasteiger partial charge in [0.15, 0.2) is 6.29 Å². The Morgan fingerprint density at radius 1 is 1.39 bits per heavy atom. The van der Waals surface area contributed by atoms with E-state index in [4.69, 9.17) is 9.47 Å². The fourth-order valence-corrected chi connectivity index (χ4v) is 1.66. The summed E-state index contributed by atoms with van der Waals surface area (Å²) in [5.41, 5.74) is 1.98. The maximum atomic E-state index is 10.9. The summed E-state index contributed by atoms with van der Waals surface area (Å²) in [6.45, 7) is 0.311. The molecule has 1 aromatic heterocycles. The van der Waals surface area contributed by atoms with Gasteiger partial charge in [-0.1, -0.05) is 6.07 Å². The number of benzene rings is 1. The Morgan fingerprint density at radius 3 is 2.89 bits per heavy atom. The van der Waals surface area contributed by atoms with Gasteiger partial charge in [-0.25, -0.2) is 4.68 Å². The minimum atomic E-state index is 0.311. The van der Waals surface area contributed by atoms with Crippen LogP contribution in [0.2, 0.25) is 0 Å². The van der Waals surface area contributed by atoms with Crippen LogP contribution in [0.3, 0.4) is 0 Å². The van der Waals surface area contributed by atoms with Gasteiger partial charge < -0.3 is 9.47 Å². The lowest BCUT2D eigenvalue weighted by molar-refractivity contribution is 0.111. The SMILES string of the molecule is COCc1nn(-c2cccc(OC)c2)cc1C=O. The molecule has 0 aliphatic heterocycles. The molecule has 5 nitrogen and oxygen atoms in total. The van der Waals surface area contributed by atoms with Gasteiger partial charge in [-0.3, -0.25) is 4.79 Å². The Bertz CT molecular complexity index is 549. The monoisotopic (exact) mass is 246 g/mol. The Morgan fingerprint density at radius 2 is 2.22 bits per heavy atom. The van der Waals surface area contributed by atoms with Crippen LogP contribution in [-0.2, 0) is 11.3 Å². The zero-order valence-corrected chi connectivity index (χ0v) is 10.3. The van der Waals surface area contributed by atoms with Crippen molar-refractivity contribution in [3.8, 4) is 11.4 Å². The van der Waals surface area contributed by atoms with Crippen LogP contribution in [0.1, 0.15) is 16.1 Å². The first-order valence-corrected chi connectivity index (χ1v) is 5.45. The maximum Gasteiger partial charge on any atom is 0.153 e. The van der Waals surface area contributed by atoms with Crippen LogP contribution < -0.4 is 4.74 Å². The Balaban J connectivity index is 2.40. The summed E-state index contributed by atoms with van der Waals surface area (Å²) in [6, 6.07) is 7.45. The number of aromatic nitrogens is 2. The number of ether oxygens (including phenoxy) is 2. The molecule has 0 spiro atoms. The zero-order valence-electron chi connectivity index (χ0n) is 10.3. The van der Waals surface area contributed by atoms with Crippen molar-refractivity contribution in [2.24, 2.45) is 0 Å². The number of hydrogen-bond acceptors (Lipinski definition) is 4. The third kappa shape index (κ3) is 2.41. The van der Waals surface area contributed by atoms with E-state index in [2.05, 4.69) is 5.10 Å². The van der Waals surface area contributed by atoms with Crippen LogP contribution in [0.25, 0.3) is 5.69 Å². The van der Waals surface area contributed by atoms with Gasteiger partial charge in [0.2, 0.25) is 0 Å². The first kappa shape index (κ1) is 12.3. The summed E-state index contributed by atoms with van der Waals surface area (Å²) in [7, 11) is 3.18. The summed E-state index contributed by atoms with van der Waals surface area (Å²) in [5.74, 6) is 0.740. The molecule has 1 aromatic carbocycles. The second-order valence-corrected chi connectivity index (χ2v) is 3.73. The molecule has 0 radical (unpaired) electrons. The summed E-state index contributed by atoms with van der Waals surface area (Å²) < 4.78 is 11.8. The molecule has 5 heteroatoms. The second kappa shape index (κ2) is 5.46. The molecule has 0 bridgehead atoms. The van der Waals surface area contributed by atoms with E-state index in [-0.39, 0.29) is 0 Å². The smallest absolute Gasteiger partial charge is 0.153 e. The van der Waals surface area contributed by atoms with Crippen LogP contribution in [0.5, 0.6) is 5.75 Å². The van der Waals surface area contributed by atoms with Crippen molar-refractivity contribution in [2.75, 3.05) is 14.2 Å². The van der Waals surface area contributed by atoms with Crippen molar-refractivity contribution >= 4 is 6.29 Å². The minimum Gasteiger partial charge on any atom is -0.497 e. The average molecular weight is 246 g/mol. The predicted molar refractivity (Wildman–Crippen MR) is 66.2 cm³/mol. The normalized spacial score (nSPS) is 10.3. The molecule has 0 saturated heterocycles. The molecule has 0 N–H and O–H groups in total. The number of aldehydes is 1. The molecular weight excluding hydrogens is 232 g/mol. The molecule has 18 heavy (non-hydrogen) atoms. The number of carbonyl (C=O) groups is 1. The molecule has 2 aromatic rings. The van der Waals surface area contributed by atoms with Crippen molar-refractivity contribution in [2.45, 2.75) is 6.61 Å². The van der Waals surface area contributed by atoms with Gasteiger partial charge in [0, 0.05) is 19.4 Å². The van der Waals surface area contributed by atoms with E-state index >= 15 is 0 Å². The van der Waals surface area contributed by atoms with Crippen molar-refractivity contribution in [3.63, 3.8) is 0 Å². The molecule has 0 aliphatic carbocycles. The lowest BCUT2D eigenvalue weighted by Crippen LogP contribution is -1.97. The lowest BCUT2D eigenvalue weighted by Gasteiger charge is -2.04. The van der Waals surface area contributed by atoms with E-state index in [1.807, 2.05) is 24.3 Å². The summed E-state index contributed by atoms with van der Waals surface area (Å²) in [5, 5.41) is 4.32. The number of hydrogen-bond donors (Lipinski definition) is 0. The Labute approximate surface area is 105 Å². The highest BCUT2D eigenvalue weighted by Gasteiger charge is 2.09. The molecule has 2 rings (SSSR count). The molecule has 0 unspecified atom stereocenters. The van der Waals surface area contributed by atoms with E-state index in [1.54, 1.807) is 25.1 Å². The van der Waals surface area contributed by atoms with Gasteiger partial charge in [-0.05, 0) is 12.1 Å². The van der Waals surface area contributed by atoms with Gasteiger partial charge in [-0.2, -0.15) is 5.10 Å². The van der Waals surface area contributed by atoms with Gasteiger partial charge >= 0.3 is 0 Å². The molecule has 0 saturated carbocycles. The van der Waals surface area contributed by atoms with Gasteiger partial charge in [0.05, 0.1) is 30.7 Å². The Kier molecular flexibility index (Phi) is 3.74. The third-order valence-electron chi connectivity index (χ3n) is 2.55. The van der Waals surface area contributed by atoms with E-state index in [0.29, 0.717) is 17.9 Å².